The highest BCUT2D eigenvalue weighted by Gasteiger charge is 2.11. The molecule has 0 radical (unpaired) electrons. The van der Waals surface area contributed by atoms with Crippen molar-refractivity contribution < 1.29 is 9.94 Å². The van der Waals surface area contributed by atoms with Crippen LogP contribution >= 0.6 is 0 Å². The van der Waals surface area contributed by atoms with Crippen LogP contribution in [-0.4, -0.2) is 11.0 Å². The number of hydrogen-bond donors (Lipinski definition) is 2. The van der Waals surface area contributed by atoms with Gasteiger partial charge < -0.3 is 15.7 Å². The summed E-state index contributed by atoms with van der Waals surface area (Å²) in [6.07, 6.45) is 0. The molecule has 20 heavy (non-hydrogen) atoms. The molecule has 104 valence electrons. The number of benzene rings is 2. The minimum atomic E-state index is 0.0327. The fourth-order valence-corrected chi connectivity index (χ4v) is 1.93. The van der Waals surface area contributed by atoms with Gasteiger partial charge in [0, 0.05) is 0 Å². The van der Waals surface area contributed by atoms with E-state index in [2.05, 4.69) is 5.16 Å². The fraction of sp³-hybridized carbons (Fsp3) is 0.188. The van der Waals surface area contributed by atoms with Crippen molar-refractivity contribution >= 4 is 5.84 Å². The summed E-state index contributed by atoms with van der Waals surface area (Å²) in [6.45, 7) is 6.00. The van der Waals surface area contributed by atoms with Gasteiger partial charge in [0.1, 0.15) is 11.5 Å². The SMILES string of the molecule is Cc1ccc(C(N)=NO)c(Oc2cccc(C)c2C)c1. The first kappa shape index (κ1) is 13.9. The van der Waals surface area contributed by atoms with Crippen molar-refractivity contribution in [2.45, 2.75) is 20.8 Å². The normalized spacial score (nSPS) is 11.4. The van der Waals surface area contributed by atoms with E-state index in [1.54, 1.807) is 6.07 Å². The third kappa shape index (κ3) is 2.74. The molecule has 0 amide bonds. The second kappa shape index (κ2) is 5.65. The lowest BCUT2D eigenvalue weighted by molar-refractivity contribution is 0.318. The number of ether oxygens (including phenoxy) is 1. The standard InChI is InChI=1S/C16H18N2O2/c1-10-7-8-13(16(17)18-19)15(9-10)20-14-6-4-5-11(2)12(14)3/h4-9,19H,1-3H3,(H2,17,18). The van der Waals surface area contributed by atoms with Gasteiger partial charge in [0.2, 0.25) is 0 Å². The molecule has 0 fully saturated rings. The van der Waals surface area contributed by atoms with Crippen molar-refractivity contribution in [2.24, 2.45) is 10.9 Å². The van der Waals surface area contributed by atoms with Crippen molar-refractivity contribution in [3.63, 3.8) is 0 Å². The number of hydrogen-bond acceptors (Lipinski definition) is 3. The van der Waals surface area contributed by atoms with Crippen LogP contribution in [-0.2, 0) is 0 Å². The van der Waals surface area contributed by atoms with Gasteiger partial charge in [0.25, 0.3) is 0 Å². The number of amidine groups is 1. The van der Waals surface area contributed by atoms with Gasteiger partial charge in [-0.2, -0.15) is 0 Å². The third-order valence-electron chi connectivity index (χ3n) is 3.30. The Bertz CT molecular complexity index is 664. The Morgan fingerprint density at radius 3 is 2.55 bits per heavy atom. The molecule has 0 atom stereocenters. The molecule has 0 aliphatic carbocycles. The minimum absolute atomic E-state index is 0.0327. The molecule has 0 aliphatic rings. The summed E-state index contributed by atoms with van der Waals surface area (Å²) < 4.78 is 5.95. The molecule has 3 N–H and O–H groups in total. The Morgan fingerprint density at radius 1 is 1.10 bits per heavy atom. The summed E-state index contributed by atoms with van der Waals surface area (Å²) in [4.78, 5) is 0. The molecule has 0 aromatic heterocycles. The highest BCUT2D eigenvalue weighted by Crippen LogP contribution is 2.30. The van der Waals surface area contributed by atoms with Crippen molar-refractivity contribution in [1.82, 2.24) is 0 Å². The van der Waals surface area contributed by atoms with E-state index >= 15 is 0 Å². The molecule has 4 nitrogen and oxygen atoms in total. The average molecular weight is 270 g/mol. The molecule has 0 bridgehead atoms. The lowest BCUT2D eigenvalue weighted by Crippen LogP contribution is -2.14. The van der Waals surface area contributed by atoms with Crippen LogP contribution in [0.4, 0.5) is 0 Å². The van der Waals surface area contributed by atoms with E-state index in [1.807, 2.05) is 51.1 Å². The van der Waals surface area contributed by atoms with Gasteiger partial charge in [-0.05, 0) is 55.7 Å². The van der Waals surface area contributed by atoms with Gasteiger partial charge >= 0.3 is 0 Å². The van der Waals surface area contributed by atoms with Crippen LogP contribution in [0.25, 0.3) is 0 Å². The Hall–Kier alpha value is -2.49. The molecule has 2 rings (SSSR count). The monoisotopic (exact) mass is 270 g/mol. The molecule has 2 aromatic carbocycles. The average Bonchev–Trinajstić information content (AvgIpc) is 2.43. The van der Waals surface area contributed by atoms with Crippen LogP contribution in [0.15, 0.2) is 41.6 Å². The summed E-state index contributed by atoms with van der Waals surface area (Å²) in [6, 6.07) is 11.4. The molecule has 0 saturated carbocycles. The maximum Gasteiger partial charge on any atom is 0.173 e. The van der Waals surface area contributed by atoms with Crippen molar-refractivity contribution in [1.29, 1.82) is 0 Å². The van der Waals surface area contributed by atoms with Gasteiger partial charge in [0.05, 0.1) is 5.56 Å². The van der Waals surface area contributed by atoms with E-state index in [1.165, 1.54) is 0 Å². The molecule has 0 saturated heterocycles. The number of nitrogens with zero attached hydrogens (tertiary/aromatic N) is 1. The number of aryl methyl sites for hydroxylation is 2. The predicted octanol–water partition coefficient (Wildman–Crippen LogP) is 3.50. The maximum absolute atomic E-state index is 8.85. The van der Waals surface area contributed by atoms with Crippen LogP contribution < -0.4 is 10.5 Å². The third-order valence-corrected chi connectivity index (χ3v) is 3.30. The first-order chi connectivity index (χ1) is 9.52. The number of rotatable bonds is 3. The zero-order valence-electron chi connectivity index (χ0n) is 11.8. The van der Waals surface area contributed by atoms with Crippen molar-refractivity contribution in [3.8, 4) is 11.5 Å². The van der Waals surface area contributed by atoms with Gasteiger partial charge in [-0.1, -0.05) is 23.4 Å². The molecular formula is C16H18N2O2. The van der Waals surface area contributed by atoms with Crippen molar-refractivity contribution in [2.75, 3.05) is 0 Å². The molecule has 0 heterocycles. The topological polar surface area (TPSA) is 67.8 Å². The number of oxime groups is 1. The van der Waals surface area contributed by atoms with Crippen LogP contribution in [0.5, 0.6) is 11.5 Å². The summed E-state index contributed by atoms with van der Waals surface area (Å²) in [5, 5.41) is 11.9. The van der Waals surface area contributed by atoms with Gasteiger partial charge in [-0.25, -0.2) is 0 Å². The van der Waals surface area contributed by atoms with Crippen LogP contribution in [0.2, 0.25) is 0 Å². The Morgan fingerprint density at radius 2 is 1.85 bits per heavy atom. The molecule has 2 aromatic rings. The Kier molecular flexibility index (Phi) is 3.94. The zero-order chi connectivity index (χ0) is 14.7. The van der Waals surface area contributed by atoms with Crippen LogP contribution in [0.1, 0.15) is 22.3 Å². The summed E-state index contributed by atoms with van der Waals surface area (Å²) in [7, 11) is 0. The van der Waals surface area contributed by atoms with Crippen LogP contribution in [0.3, 0.4) is 0 Å². The molecule has 4 heteroatoms. The number of nitrogens with two attached hydrogens (primary N) is 1. The quantitative estimate of drug-likeness (QED) is 0.388. The molecule has 0 unspecified atom stereocenters. The van der Waals surface area contributed by atoms with Gasteiger partial charge in [0.15, 0.2) is 5.84 Å². The highest BCUT2D eigenvalue weighted by atomic mass is 16.5. The van der Waals surface area contributed by atoms with Crippen LogP contribution in [0, 0.1) is 20.8 Å². The van der Waals surface area contributed by atoms with Gasteiger partial charge in [-0.15, -0.1) is 0 Å². The van der Waals surface area contributed by atoms with E-state index < -0.39 is 0 Å². The zero-order valence-corrected chi connectivity index (χ0v) is 11.8. The largest absolute Gasteiger partial charge is 0.456 e. The van der Waals surface area contributed by atoms with E-state index in [0.717, 1.165) is 22.4 Å². The molecular weight excluding hydrogens is 252 g/mol. The summed E-state index contributed by atoms with van der Waals surface area (Å²) >= 11 is 0. The smallest absolute Gasteiger partial charge is 0.173 e. The highest BCUT2D eigenvalue weighted by molar-refractivity contribution is 5.99. The maximum atomic E-state index is 8.85. The summed E-state index contributed by atoms with van der Waals surface area (Å²) in [5.41, 5.74) is 9.52. The Balaban J connectivity index is 2.47. The lowest BCUT2D eigenvalue weighted by Gasteiger charge is -2.14. The predicted molar refractivity (Wildman–Crippen MR) is 79.7 cm³/mol. The van der Waals surface area contributed by atoms with E-state index in [4.69, 9.17) is 15.7 Å². The van der Waals surface area contributed by atoms with E-state index in [-0.39, 0.29) is 5.84 Å². The second-order valence-corrected chi connectivity index (χ2v) is 4.78. The fourth-order valence-electron chi connectivity index (χ4n) is 1.93. The second-order valence-electron chi connectivity index (χ2n) is 4.78. The van der Waals surface area contributed by atoms with E-state index in [0.29, 0.717) is 11.3 Å². The first-order valence-corrected chi connectivity index (χ1v) is 6.35. The minimum Gasteiger partial charge on any atom is -0.456 e. The van der Waals surface area contributed by atoms with Gasteiger partial charge in [-0.3, -0.25) is 0 Å². The first-order valence-electron chi connectivity index (χ1n) is 6.35. The van der Waals surface area contributed by atoms with Crippen molar-refractivity contribution in [3.05, 3.63) is 58.7 Å². The summed E-state index contributed by atoms with van der Waals surface area (Å²) in [5.74, 6) is 1.38. The lowest BCUT2D eigenvalue weighted by atomic mass is 10.1. The van der Waals surface area contributed by atoms with E-state index in [9.17, 15) is 0 Å². The Labute approximate surface area is 118 Å². The molecule has 0 spiro atoms. The molecule has 0 aliphatic heterocycles.